The van der Waals surface area contributed by atoms with E-state index < -0.39 is 17.9 Å². The maximum absolute atomic E-state index is 12.6. The number of likely N-dealkylation sites (tertiary alicyclic amines) is 1. The number of carboxylic acid groups (broad SMARTS) is 1. The highest BCUT2D eigenvalue weighted by Gasteiger charge is 2.29. The van der Waals surface area contributed by atoms with E-state index in [1.807, 2.05) is 0 Å². The minimum Gasteiger partial charge on any atom is -0.481 e. The molecule has 6 nitrogen and oxygen atoms in total. The molecule has 2 rings (SSSR count). The summed E-state index contributed by atoms with van der Waals surface area (Å²) in [6.07, 6.45) is 1.35. The molecule has 1 aromatic carbocycles. The Hall–Kier alpha value is -2.08. The molecule has 0 saturated carbocycles. The SMILES string of the molecule is CC(=O)NC(CC(=O)N1CCCC(C(=O)O)C1)c1ccc(Cl)cc1. The van der Waals surface area contributed by atoms with Crippen molar-refractivity contribution in [1.29, 1.82) is 0 Å². The summed E-state index contributed by atoms with van der Waals surface area (Å²) >= 11 is 5.88. The van der Waals surface area contributed by atoms with Crippen LogP contribution in [0, 0.1) is 5.92 Å². The van der Waals surface area contributed by atoms with Crippen LogP contribution in [0.25, 0.3) is 0 Å². The molecule has 1 aromatic rings. The van der Waals surface area contributed by atoms with Crippen LogP contribution in [-0.2, 0) is 14.4 Å². The first kappa shape index (κ1) is 18.3. The minimum atomic E-state index is -0.872. The number of rotatable bonds is 5. The summed E-state index contributed by atoms with van der Waals surface area (Å²) < 4.78 is 0. The Balaban J connectivity index is 2.08. The highest BCUT2D eigenvalue weighted by atomic mass is 35.5. The number of hydrogen-bond acceptors (Lipinski definition) is 3. The van der Waals surface area contributed by atoms with E-state index in [1.54, 1.807) is 29.2 Å². The summed E-state index contributed by atoms with van der Waals surface area (Å²) in [5, 5.41) is 12.5. The Bertz CT molecular complexity index is 618. The third-order valence-corrected chi connectivity index (χ3v) is 4.40. The molecule has 0 aliphatic carbocycles. The lowest BCUT2D eigenvalue weighted by molar-refractivity contribution is -0.145. The van der Waals surface area contributed by atoms with Gasteiger partial charge in [0.2, 0.25) is 11.8 Å². The molecule has 2 atom stereocenters. The van der Waals surface area contributed by atoms with Gasteiger partial charge in [0.05, 0.1) is 18.4 Å². The summed E-state index contributed by atoms with van der Waals surface area (Å²) in [6, 6.07) is 6.49. The molecule has 0 aromatic heterocycles. The van der Waals surface area contributed by atoms with Crippen molar-refractivity contribution in [1.82, 2.24) is 10.2 Å². The van der Waals surface area contributed by atoms with E-state index >= 15 is 0 Å². The quantitative estimate of drug-likeness (QED) is 0.850. The first-order valence-corrected chi connectivity index (χ1v) is 8.27. The van der Waals surface area contributed by atoms with Gasteiger partial charge < -0.3 is 15.3 Å². The summed E-state index contributed by atoms with van der Waals surface area (Å²) in [4.78, 5) is 36.7. The van der Waals surface area contributed by atoms with Crippen LogP contribution in [0.4, 0.5) is 0 Å². The molecular formula is C17H21ClN2O4. The van der Waals surface area contributed by atoms with Crippen LogP contribution < -0.4 is 5.32 Å². The molecule has 130 valence electrons. The maximum atomic E-state index is 12.6. The molecule has 0 radical (unpaired) electrons. The number of nitrogens with zero attached hydrogens (tertiary/aromatic N) is 1. The van der Waals surface area contributed by atoms with E-state index in [9.17, 15) is 14.4 Å². The first-order chi connectivity index (χ1) is 11.4. The second-order valence-corrected chi connectivity index (χ2v) is 6.46. The third-order valence-electron chi connectivity index (χ3n) is 4.15. The molecule has 0 bridgehead atoms. The van der Waals surface area contributed by atoms with Crippen molar-refractivity contribution >= 4 is 29.4 Å². The normalized spacial score (nSPS) is 18.8. The van der Waals surface area contributed by atoms with Gasteiger partial charge >= 0.3 is 5.97 Å². The predicted octanol–water partition coefficient (Wildman–Crippen LogP) is 2.23. The summed E-state index contributed by atoms with van der Waals surface area (Å²) in [6.45, 7) is 2.17. The molecule has 2 amide bonds. The summed E-state index contributed by atoms with van der Waals surface area (Å²) in [5.41, 5.74) is 0.787. The van der Waals surface area contributed by atoms with Crippen molar-refractivity contribution in [2.45, 2.75) is 32.2 Å². The molecule has 1 aliphatic rings. The number of benzene rings is 1. The highest BCUT2D eigenvalue weighted by molar-refractivity contribution is 6.30. The van der Waals surface area contributed by atoms with Crippen molar-refractivity contribution in [3.05, 3.63) is 34.9 Å². The third kappa shape index (κ3) is 4.96. The summed E-state index contributed by atoms with van der Waals surface area (Å²) in [5.74, 6) is -1.78. The number of carbonyl (C=O) groups excluding carboxylic acids is 2. The van der Waals surface area contributed by atoms with Gasteiger partial charge in [0.15, 0.2) is 0 Å². The van der Waals surface area contributed by atoms with Gasteiger partial charge in [0.25, 0.3) is 0 Å². The molecule has 2 N–H and O–H groups in total. The van der Waals surface area contributed by atoms with Gasteiger partial charge in [-0.1, -0.05) is 23.7 Å². The Morgan fingerprint density at radius 3 is 2.58 bits per heavy atom. The lowest BCUT2D eigenvalue weighted by Crippen LogP contribution is -2.43. The van der Waals surface area contributed by atoms with E-state index in [2.05, 4.69) is 5.32 Å². The monoisotopic (exact) mass is 352 g/mol. The van der Waals surface area contributed by atoms with Gasteiger partial charge in [-0.05, 0) is 30.5 Å². The van der Waals surface area contributed by atoms with Gasteiger partial charge in [-0.3, -0.25) is 14.4 Å². The molecule has 1 fully saturated rings. The molecule has 1 heterocycles. The fourth-order valence-electron chi connectivity index (χ4n) is 2.90. The van der Waals surface area contributed by atoms with Crippen molar-refractivity contribution < 1.29 is 19.5 Å². The fraction of sp³-hybridized carbons (Fsp3) is 0.471. The van der Waals surface area contributed by atoms with E-state index in [0.29, 0.717) is 24.4 Å². The number of halogens is 1. The van der Waals surface area contributed by atoms with E-state index in [4.69, 9.17) is 16.7 Å². The van der Waals surface area contributed by atoms with Gasteiger partial charge in [0.1, 0.15) is 0 Å². The van der Waals surface area contributed by atoms with Gasteiger partial charge in [-0.15, -0.1) is 0 Å². The number of hydrogen-bond donors (Lipinski definition) is 2. The average Bonchev–Trinajstić information content (AvgIpc) is 2.54. The van der Waals surface area contributed by atoms with Crippen molar-refractivity contribution in [2.24, 2.45) is 5.92 Å². The molecule has 2 unspecified atom stereocenters. The van der Waals surface area contributed by atoms with Crippen molar-refractivity contribution in [3.8, 4) is 0 Å². The van der Waals surface area contributed by atoms with Crippen LogP contribution in [0.1, 0.15) is 37.8 Å². The van der Waals surface area contributed by atoms with Crippen LogP contribution in [0.15, 0.2) is 24.3 Å². The van der Waals surface area contributed by atoms with Gasteiger partial charge in [-0.2, -0.15) is 0 Å². The van der Waals surface area contributed by atoms with Crippen LogP contribution in [0.3, 0.4) is 0 Å². The molecule has 7 heteroatoms. The first-order valence-electron chi connectivity index (χ1n) is 7.90. The second kappa shape index (κ2) is 8.15. The predicted molar refractivity (Wildman–Crippen MR) is 89.6 cm³/mol. The topological polar surface area (TPSA) is 86.7 Å². The zero-order valence-corrected chi connectivity index (χ0v) is 14.3. The van der Waals surface area contributed by atoms with E-state index in [1.165, 1.54) is 6.92 Å². The van der Waals surface area contributed by atoms with Crippen LogP contribution >= 0.6 is 11.6 Å². The molecule has 0 spiro atoms. The van der Waals surface area contributed by atoms with Crippen LogP contribution in [0.2, 0.25) is 5.02 Å². The maximum Gasteiger partial charge on any atom is 0.308 e. The van der Waals surface area contributed by atoms with Crippen molar-refractivity contribution in [2.75, 3.05) is 13.1 Å². The lowest BCUT2D eigenvalue weighted by Gasteiger charge is -2.32. The number of piperidine rings is 1. The number of amides is 2. The largest absolute Gasteiger partial charge is 0.481 e. The smallest absolute Gasteiger partial charge is 0.308 e. The number of nitrogens with one attached hydrogen (secondary N) is 1. The van der Waals surface area contributed by atoms with Crippen molar-refractivity contribution in [3.63, 3.8) is 0 Å². The zero-order chi connectivity index (χ0) is 17.7. The van der Waals surface area contributed by atoms with Gasteiger partial charge in [-0.25, -0.2) is 0 Å². The standard InChI is InChI=1S/C17H21ClN2O4/c1-11(21)19-15(12-4-6-14(18)7-5-12)9-16(22)20-8-2-3-13(10-20)17(23)24/h4-7,13,15H,2-3,8-10H2,1H3,(H,19,21)(H,23,24). The average molecular weight is 353 g/mol. The minimum absolute atomic E-state index is 0.0908. The molecule has 24 heavy (non-hydrogen) atoms. The molecule has 1 saturated heterocycles. The highest BCUT2D eigenvalue weighted by Crippen LogP contribution is 2.23. The molecule has 1 aliphatic heterocycles. The number of carboxylic acids is 1. The van der Waals surface area contributed by atoms with E-state index in [0.717, 1.165) is 5.56 Å². The van der Waals surface area contributed by atoms with Gasteiger partial charge in [0, 0.05) is 25.0 Å². The van der Waals surface area contributed by atoms with E-state index in [-0.39, 0.29) is 24.8 Å². The Morgan fingerprint density at radius 2 is 2.00 bits per heavy atom. The number of carbonyl (C=O) groups is 3. The Morgan fingerprint density at radius 1 is 1.33 bits per heavy atom. The van der Waals surface area contributed by atoms with Crippen LogP contribution in [-0.4, -0.2) is 40.9 Å². The molecular weight excluding hydrogens is 332 g/mol. The second-order valence-electron chi connectivity index (χ2n) is 6.03. The fourth-order valence-corrected chi connectivity index (χ4v) is 3.03. The Kier molecular flexibility index (Phi) is 6.20. The lowest BCUT2D eigenvalue weighted by atomic mass is 9.97. The summed E-state index contributed by atoms with van der Waals surface area (Å²) in [7, 11) is 0. The zero-order valence-electron chi connectivity index (χ0n) is 13.5. The Labute approximate surface area is 145 Å². The van der Waals surface area contributed by atoms with Crippen LogP contribution in [0.5, 0.6) is 0 Å². The number of aliphatic carboxylic acids is 1.